The molecule has 0 atom stereocenters. The molecule has 0 aliphatic carbocycles. The first kappa shape index (κ1) is 21.8. The highest BCUT2D eigenvalue weighted by molar-refractivity contribution is 6.31. The number of methoxy groups -OCH3 is 3. The molecule has 0 bridgehead atoms. The van der Waals surface area contributed by atoms with E-state index in [0.717, 1.165) is 0 Å². The summed E-state index contributed by atoms with van der Waals surface area (Å²) in [6.45, 7) is 1.09. The lowest BCUT2D eigenvalue weighted by Crippen LogP contribution is -2.46. The number of likely N-dealkylation sites (tertiary alicyclic amines) is 1. The maximum Gasteiger partial charge on any atom is 0.255 e. The number of piperidine rings is 1. The number of benzene rings is 2. The number of carbonyl (C=O) groups excluding carboxylic acids is 2. The molecule has 1 N–H and O–H groups in total. The smallest absolute Gasteiger partial charge is 0.255 e. The van der Waals surface area contributed by atoms with Crippen LogP contribution in [0.1, 0.15) is 33.6 Å². The van der Waals surface area contributed by atoms with Crippen molar-refractivity contribution < 1.29 is 23.8 Å². The molecule has 0 spiro atoms. The number of nitrogens with one attached hydrogen (secondary N) is 1. The van der Waals surface area contributed by atoms with Gasteiger partial charge < -0.3 is 24.4 Å². The molecule has 0 aromatic heterocycles. The molecular formula is C22H25ClN2O5. The Morgan fingerprint density at radius 1 is 0.933 bits per heavy atom. The second-order valence-corrected chi connectivity index (χ2v) is 7.39. The van der Waals surface area contributed by atoms with E-state index >= 15 is 0 Å². The van der Waals surface area contributed by atoms with Crippen LogP contribution in [0.2, 0.25) is 5.02 Å². The highest BCUT2D eigenvalue weighted by Crippen LogP contribution is 2.28. The summed E-state index contributed by atoms with van der Waals surface area (Å²) in [5.41, 5.74) is 0.938. The summed E-state index contributed by atoms with van der Waals surface area (Å²) in [7, 11) is 4.60. The summed E-state index contributed by atoms with van der Waals surface area (Å²) in [4.78, 5) is 27.3. The lowest BCUT2D eigenvalue weighted by molar-refractivity contribution is 0.0697. The SMILES string of the molecule is COc1ccc(C(=O)N2CCC(NC(=O)c3cc(Cl)ccc3OC)CC2)cc1OC. The van der Waals surface area contributed by atoms with Crippen LogP contribution in [0.5, 0.6) is 17.2 Å². The fraction of sp³-hybridized carbons (Fsp3) is 0.364. The molecular weight excluding hydrogens is 408 g/mol. The van der Waals surface area contributed by atoms with E-state index in [9.17, 15) is 9.59 Å². The lowest BCUT2D eigenvalue weighted by atomic mass is 10.0. The van der Waals surface area contributed by atoms with Gasteiger partial charge in [-0.05, 0) is 49.2 Å². The van der Waals surface area contributed by atoms with Crippen LogP contribution in [0.15, 0.2) is 36.4 Å². The van der Waals surface area contributed by atoms with E-state index in [1.807, 2.05) is 0 Å². The Morgan fingerprint density at radius 3 is 2.20 bits per heavy atom. The molecule has 7 nitrogen and oxygen atoms in total. The van der Waals surface area contributed by atoms with Crippen LogP contribution in [0, 0.1) is 0 Å². The molecule has 160 valence electrons. The van der Waals surface area contributed by atoms with Crippen molar-refractivity contribution in [1.29, 1.82) is 0 Å². The number of hydrogen-bond donors (Lipinski definition) is 1. The first-order chi connectivity index (χ1) is 14.5. The van der Waals surface area contributed by atoms with Crippen molar-refractivity contribution in [3.8, 4) is 17.2 Å². The first-order valence-electron chi connectivity index (χ1n) is 9.62. The normalized spacial score (nSPS) is 14.2. The quantitative estimate of drug-likeness (QED) is 0.757. The van der Waals surface area contributed by atoms with Crippen LogP contribution in [0.4, 0.5) is 0 Å². The molecule has 0 unspecified atom stereocenters. The highest BCUT2D eigenvalue weighted by atomic mass is 35.5. The molecule has 0 radical (unpaired) electrons. The zero-order valence-corrected chi connectivity index (χ0v) is 18.0. The molecule has 1 heterocycles. The van der Waals surface area contributed by atoms with E-state index in [0.29, 0.717) is 59.3 Å². The summed E-state index contributed by atoms with van der Waals surface area (Å²) in [5.74, 6) is 1.25. The van der Waals surface area contributed by atoms with Crippen LogP contribution < -0.4 is 19.5 Å². The molecule has 30 heavy (non-hydrogen) atoms. The summed E-state index contributed by atoms with van der Waals surface area (Å²) in [6.07, 6.45) is 1.32. The number of hydrogen-bond acceptors (Lipinski definition) is 5. The van der Waals surface area contributed by atoms with Gasteiger partial charge in [0.2, 0.25) is 0 Å². The van der Waals surface area contributed by atoms with Crippen LogP contribution >= 0.6 is 11.6 Å². The van der Waals surface area contributed by atoms with Crippen molar-refractivity contribution in [2.24, 2.45) is 0 Å². The Bertz CT molecular complexity index is 926. The molecule has 1 fully saturated rings. The predicted molar refractivity (Wildman–Crippen MR) is 114 cm³/mol. The van der Waals surface area contributed by atoms with E-state index in [4.69, 9.17) is 25.8 Å². The van der Waals surface area contributed by atoms with Gasteiger partial charge in [-0.1, -0.05) is 11.6 Å². The van der Waals surface area contributed by atoms with Gasteiger partial charge in [-0.2, -0.15) is 0 Å². The van der Waals surface area contributed by atoms with Gasteiger partial charge in [-0.25, -0.2) is 0 Å². The van der Waals surface area contributed by atoms with Crippen molar-refractivity contribution in [2.75, 3.05) is 34.4 Å². The summed E-state index contributed by atoms with van der Waals surface area (Å²) >= 11 is 6.02. The largest absolute Gasteiger partial charge is 0.496 e. The van der Waals surface area contributed by atoms with E-state index < -0.39 is 0 Å². The highest BCUT2D eigenvalue weighted by Gasteiger charge is 2.26. The van der Waals surface area contributed by atoms with Gasteiger partial charge in [0.1, 0.15) is 5.75 Å². The monoisotopic (exact) mass is 432 g/mol. The third-order valence-electron chi connectivity index (χ3n) is 5.15. The maximum atomic E-state index is 12.8. The summed E-state index contributed by atoms with van der Waals surface area (Å²) in [5, 5.41) is 3.49. The molecule has 3 rings (SSSR count). The minimum Gasteiger partial charge on any atom is -0.496 e. The Morgan fingerprint density at radius 2 is 1.57 bits per heavy atom. The van der Waals surface area contributed by atoms with Crippen molar-refractivity contribution in [2.45, 2.75) is 18.9 Å². The minimum atomic E-state index is -0.237. The maximum absolute atomic E-state index is 12.8. The number of amides is 2. The second-order valence-electron chi connectivity index (χ2n) is 6.95. The second kappa shape index (κ2) is 9.71. The van der Waals surface area contributed by atoms with Gasteiger partial charge >= 0.3 is 0 Å². The number of carbonyl (C=O) groups is 2. The van der Waals surface area contributed by atoms with Gasteiger partial charge in [-0.3, -0.25) is 9.59 Å². The standard InChI is InChI=1S/C22H25ClN2O5/c1-28-18-7-5-15(23)13-17(18)21(26)24-16-8-10-25(11-9-16)22(27)14-4-6-19(29-2)20(12-14)30-3/h4-7,12-13,16H,8-11H2,1-3H3,(H,24,26). The van der Waals surface area contributed by atoms with E-state index in [-0.39, 0.29) is 17.9 Å². The topological polar surface area (TPSA) is 77.1 Å². The third kappa shape index (κ3) is 4.79. The molecule has 0 saturated carbocycles. The van der Waals surface area contributed by atoms with Gasteiger partial charge in [0.05, 0.1) is 26.9 Å². The fourth-order valence-corrected chi connectivity index (χ4v) is 3.67. The van der Waals surface area contributed by atoms with Crippen LogP contribution in [-0.2, 0) is 0 Å². The zero-order valence-electron chi connectivity index (χ0n) is 17.2. The fourth-order valence-electron chi connectivity index (χ4n) is 3.50. The number of ether oxygens (including phenoxy) is 3. The Labute approximate surface area is 180 Å². The van der Waals surface area contributed by atoms with Gasteiger partial charge in [0.15, 0.2) is 11.5 Å². The van der Waals surface area contributed by atoms with Gasteiger partial charge in [0.25, 0.3) is 11.8 Å². The number of rotatable bonds is 6. The Balaban J connectivity index is 1.60. The summed E-state index contributed by atoms with van der Waals surface area (Å²) < 4.78 is 15.8. The van der Waals surface area contributed by atoms with E-state index in [1.54, 1.807) is 48.4 Å². The molecule has 1 saturated heterocycles. The van der Waals surface area contributed by atoms with Gasteiger partial charge in [0, 0.05) is 29.7 Å². The average Bonchev–Trinajstić information content (AvgIpc) is 2.78. The number of nitrogens with zero attached hydrogens (tertiary/aromatic N) is 1. The molecule has 2 amide bonds. The van der Waals surface area contributed by atoms with Crippen LogP contribution in [0.3, 0.4) is 0 Å². The van der Waals surface area contributed by atoms with Crippen molar-refractivity contribution in [3.63, 3.8) is 0 Å². The lowest BCUT2D eigenvalue weighted by Gasteiger charge is -2.32. The van der Waals surface area contributed by atoms with Gasteiger partial charge in [-0.15, -0.1) is 0 Å². The van der Waals surface area contributed by atoms with E-state index in [2.05, 4.69) is 5.32 Å². The van der Waals surface area contributed by atoms with Crippen molar-refractivity contribution in [1.82, 2.24) is 10.2 Å². The van der Waals surface area contributed by atoms with Crippen LogP contribution in [0.25, 0.3) is 0 Å². The molecule has 2 aromatic carbocycles. The molecule has 1 aliphatic heterocycles. The minimum absolute atomic E-state index is 0.0318. The average molecular weight is 433 g/mol. The zero-order chi connectivity index (χ0) is 21.7. The molecule has 1 aliphatic rings. The third-order valence-corrected chi connectivity index (χ3v) is 5.39. The predicted octanol–water partition coefficient (Wildman–Crippen LogP) is 3.40. The summed E-state index contributed by atoms with van der Waals surface area (Å²) in [6, 6.07) is 10.0. The van der Waals surface area contributed by atoms with Crippen molar-refractivity contribution >= 4 is 23.4 Å². The van der Waals surface area contributed by atoms with Crippen molar-refractivity contribution in [3.05, 3.63) is 52.5 Å². The molecule has 2 aromatic rings. The van der Waals surface area contributed by atoms with E-state index in [1.165, 1.54) is 14.2 Å². The first-order valence-corrected chi connectivity index (χ1v) is 10.00. The Kier molecular flexibility index (Phi) is 7.05. The Hall–Kier alpha value is -2.93. The van der Waals surface area contributed by atoms with Crippen LogP contribution in [-0.4, -0.2) is 57.2 Å². The number of halogens is 1. The molecule has 8 heteroatoms.